The molecule has 2 atom stereocenters. The summed E-state index contributed by atoms with van der Waals surface area (Å²) in [5.41, 5.74) is -0.496. The van der Waals surface area contributed by atoms with Crippen LogP contribution in [-0.4, -0.2) is 70.3 Å². The Morgan fingerprint density at radius 2 is 2.13 bits per heavy atom. The molecule has 0 aliphatic carbocycles. The van der Waals surface area contributed by atoms with Crippen molar-refractivity contribution in [3.05, 3.63) is 18.5 Å². The molecule has 4 heterocycles. The first-order valence-corrected chi connectivity index (χ1v) is 8.97. The molecule has 0 radical (unpaired) electrons. The van der Waals surface area contributed by atoms with E-state index in [2.05, 4.69) is 27.1 Å². The lowest BCUT2D eigenvalue weighted by Gasteiger charge is -2.47. The number of aromatic nitrogens is 2. The molecular formula is C17H27N5O. The van der Waals surface area contributed by atoms with E-state index in [1.807, 2.05) is 16.9 Å². The summed E-state index contributed by atoms with van der Waals surface area (Å²) in [5.74, 6) is 0.279. The van der Waals surface area contributed by atoms with Crippen LogP contribution in [0.2, 0.25) is 0 Å². The minimum atomic E-state index is -0.496. The average Bonchev–Trinajstić information content (AvgIpc) is 3.25. The van der Waals surface area contributed by atoms with Crippen molar-refractivity contribution < 1.29 is 4.79 Å². The zero-order valence-electron chi connectivity index (χ0n) is 13.9. The Balaban J connectivity index is 1.62. The van der Waals surface area contributed by atoms with Crippen molar-refractivity contribution in [1.82, 2.24) is 24.9 Å². The third-order valence-corrected chi connectivity index (χ3v) is 5.97. The van der Waals surface area contributed by atoms with Gasteiger partial charge in [-0.1, -0.05) is 0 Å². The first-order chi connectivity index (χ1) is 11.2. The van der Waals surface area contributed by atoms with E-state index >= 15 is 0 Å². The average molecular weight is 317 g/mol. The number of hydrogen-bond acceptors (Lipinski definition) is 4. The Hall–Kier alpha value is -1.40. The van der Waals surface area contributed by atoms with E-state index in [0.717, 1.165) is 39.0 Å². The lowest BCUT2D eigenvalue weighted by molar-refractivity contribution is -0.149. The van der Waals surface area contributed by atoms with Crippen LogP contribution in [-0.2, 0) is 10.3 Å². The maximum absolute atomic E-state index is 13.6. The lowest BCUT2D eigenvalue weighted by atomic mass is 9.85. The van der Waals surface area contributed by atoms with Crippen molar-refractivity contribution in [3.63, 3.8) is 0 Å². The fourth-order valence-electron chi connectivity index (χ4n) is 4.64. The molecule has 126 valence electrons. The summed E-state index contributed by atoms with van der Waals surface area (Å²) in [6, 6.07) is 2.78. The fourth-order valence-corrected chi connectivity index (χ4v) is 4.64. The molecule has 6 nitrogen and oxygen atoms in total. The highest BCUT2D eigenvalue weighted by Gasteiger charge is 2.47. The number of piperazine rings is 1. The molecule has 0 saturated carbocycles. The number of carbonyl (C=O) groups is 1. The molecular weight excluding hydrogens is 290 g/mol. The lowest BCUT2D eigenvalue weighted by Crippen LogP contribution is -2.63. The maximum Gasteiger partial charge on any atom is 0.250 e. The van der Waals surface area contributed by atoms with E-state index in [-0.39, 0.29) is 5.91 Å². The molecule has 23 heavy (non-hydrogen) atoms. The second kappa shape index (κ2) is 5.91. The van der Waals surface area contributed by atoms with Gasteiger partial charge in [-0.2, -0.15) is 5.10 Å². The van der Waals surface area contributed by atoms with Gasteiger partial charge >= 0.3 is 0 Å². The van der Waals surface area contributed by atoms with Crippen molar-refractivity contribution in [2.24, 2.45) is 0 Å². The number of piperidine rings is 1. The van der Waals surface area contributed by atoms with E-state index in [1.54, 1.807) is 6.20 Å². The summed E-state index contributed by atoms with van der Waals surface area (Å²) >= 11 is 0. The molecule has 1 N–H and O–H groups in total. The van der Waals surface area contributed by atoms with Gasteiger partial charge in [-0.15, -0.1) is 0 Å². The van der Waals surface area contributed by atoms with E-state index in [9.17, 15) is 4.79 Å². The molecule has 3 fully saturated rings. The number of rotatable bonds is 2. The summed E-state index contributed by atoms with van der Waals surface area (Å²) in [4.78, 5) is 18.3. The molecule has 3 saturated heterocycles. The van der Waals surface area contributed by atoms with Crippen LogP contribution in [0.1, 0.15) is 32.6 Å². The molecule has 0 aromatic carbocycles. The van der Waals surface area contributed by atoms with Gasteiger partial charge in [0, 0.05) is 37.6 Å². The van der Waals surface area contributed by atoms with Gasteiger partial charge in [0.05, 0.1) is 0 Å². The highest BCUT2D eigenvalue weighted by molar-refractivity contribution is 5.85. The molecule has 0 spiro atoms. The molecule has 2 unspecified atom stereocenters. The smallest absolute Gasteiger partial charge is 0.250 e. The zero-order valence-corrected chi connectivity index (χ0v) is 13.9. The van der Waals surface area contributed by atoms with Crippen LogP contribution in [0.25, 0.3) is 0 Å². The predicted octanol–water partition coefficient (Wildman–Crippen LogP) is 0.657. The first kappa shape index (κ1) is 15.1. The van der Waals surface area contributed by atoms with Crippen LogP contribution < -0.4 is 5.32 Å². The molecule has 3 aliphatic heterocycles. The van der Waals surface area contributed by atoms with Crippen molar-refractivity contribution in [3.8, 4) is 0 Å². The third kappa shape index (κ3) is 2.48. The quantitative estimate of drug-likeness (QED) is 0.870. The summed E-state index contributed by atoms with van der Waals surface area (Å²) in [5, 5.41) is 7.84. The van der Waals surface area contributed by atoms with Crippen molar-refractivity contribution in [2.45, 2.75) is 50.2 Å². The van der Waals surface area contributed by atoms with E-state index in [4.69, 9.17) is 0 Å². The van der Waals surface area contributed by atoms with Gasteiger partial charge < -0.3 is 10.2 Å². The van der Waals surface area contributed by atoms with E-state index in [0.29, 0.717) is 12.1 Å². The highest BCUT2D eigenvalue weighted by Crippen LogP contribution is 2.33. The van der Waals surface area contributed by atoms with E-state index < -0.39 is 5.54 Å². The Morgan fingerprint density at radius 3 is 2.87 bits per heavy atom. The normalized spacial score (nSPS) is 31.1. The molecule has 0 bridgehead atoms. The SMILES string of the molecule is CC1CN2CCCC2CN1C(=O)C1(n2cccn2)CCNCC1. The number of fused-ring (bicyclic) bond motifs is 1. The standard InChI is InChI=1S/C17H27N5O/c1-14-12-20-10-2-4-15(20)13-21(14)16(23)17(5-8-18-9-6-17)22-11-3-7-19-22/h3,7,11,14-15,18H,2,4-6,8-10,12-13H2,1H3. The monoisotopic (exact) mass is 317 g/mol. The van der Waals surface area contributed by atoms with Crippen LogP contribution in [0, 0.1) is 0 Å². The largest absolute Gasteiger partial charge is 0.335 e. The summed E-state index contributed by atoms with van der Waals surface area (Å²) < 4.78 is 1.92. The zero-order chi connectivity index (χ0) is 15.9. The topological polar surface area (TPSA) is 53.4 Å². The second-order valence-corrected chi connectivity index (χ2v) is 7.33. The van der Waals surface area contributed by atoms with Gasteiger partial charge in [-0.05, 0) is 58.3 Å². The van der Waals surface area contributed by atoms with E-state index in [1.165, 1.54) is 19.4 Å². The van der Waals surface area contributed by atoms with Gasteiger partial charge in [0.2, 0.25) is 0 Å². The number of nitrogens with zero attached hydrogens (tertiary/aromatic N) is 4. The van der Waals surface area contributed by atoms with Crippen LogP contribution in [0.4, 0.5) is 0 Å². The number of hydrogen-bond donors (Lipinski definition) is 1. The number of carbonyl (C=O) groups excluding carboxylic acids is 1. The van der Waals surface area contributed by atoms with Crippen LogP contribution >= 0.6 is 0 Å². The Bertz CT molecular complexity index is 551. The third-order valence-electron chi connectivity index (χ3n) is 5.97. The van der Waals surface area contributed by atoms with Crippen molar-refractivity contribution in [2.75, 3.05) is 32.7 Å². The second-order valence-electron chi connectivity index (χ2n) is 7.33. The van der Waals surface area contributed by atoms with Crippen molar-refractivity contribution >= 4 is 5.91 Å². The van der Waals surface area contributed by atoms with Gasteiger partial charge in [0.25, 0.3) is 5.91 Å². The number of amides is 1. The summed E-state index contributed by atoms with van der Waals surface area (Å²) in [6.45, 7) is 7.06. The first-order valence-electron chi connectivity index (χ1n) is 8.97. The predicted molar refractivity (Wildman–Crippen MR) is 88.1 cm³/mol. The van der Waals surface area contributed by atoms with Crippen molar-refractivity contribution in [1.29, 1.82) is 0 Å². The minimum absolute atomic E-state index is 0.279. The Labute approximate surface area is 137 Å². The van der Waals surface area contributed by atoms with Gasteiger partial charge in [-0.3, -0.25) is 14.4 Å². The fraction of sp³-hybridized carbons (Fsp3) is 0.765. The van der Waals surface area contributed by atoms with Crippen LogP contribution in [0.3, 0.4) is 0 Å². The molecule has 1 amide bonds. The molecule has 1 aromatic heterocycles. The molecule has 6 heteroatoms. The van der Waals surface area contributed by atoms with Gasteiger partial charge in [-0.25, -0.2) is 0 Å². The van der Waals surface area contributed by atoms with Crippen LogP contribution in [0.15, 0.2) is 18.5 Å². The molecule has 1 aromatic rings. The highest BCUT2D eigenvalue weighted by atomic mass is 16.2. The number of nitrogens with one attached hydrogen (secondary N) is 1. The van der Waals surface area contributed by atoms with Gasteiger partial charge in [0.1, 0.15) is 5.54 Å². The summed E-state index contributed by atoms with van der Waals surface area (Å²) in [6.07, 6.45) is 7.89. The minimum Gasteiger partial charge on any atom is -0.335 e. The maximum atomic E-state index is 13.6. The molecule has 4 rings (SSSR count). The Kier molecular flexibility index (Phi) is 3.89. The van der Waals surface area contributed by atoms with Gasteiger partial charge in [0.15, 0.2) is 0 Å². The van der Waals surface area contributed by atoms with Crippen LogP contribution in [0.5, 0.6) is 0 Å². The Morgan fingerprint density at radius 1 is 1.30 bits per heavy atom. The summed E-state index contributed by atoms with van der Waals surface area (Å²) in [7, 11) is 0. The molecule has 3 aliphatic rings.